The second-order valence-corrected chi connectivity index (χ2v) is 6.79. The first-order valence-electron chi connectivity index (χ1n) is 6.84. The molecule has 3 rings (SSSR count). The fraction of sp³-hybridized carbons (Fsp3) is 0.400. The average Bonchev–Trinajstić information content (AvgIpc) is 2.99. The minimum Gasteiger partial charge on any atom is -0.480 e. The Balaban J connectivity index is 1.98. The van der Waals surface area contributed by atoms with Crippen LogP contribution < -0.4 is 0 Å². The Morgan fingerprint density at radius 3 is 2.90 bits per heavy atom. The first-order chi connectivity index (χ1) is 9.91. The third-order valence-corrected chi connectivity index (χ3v) is 5.04. The van der Waals surface area contributed by atoms with E-state index in [-0.39, 0.29) is 5.91 Å². The van der Waals surface area contributed by atoms with Crippen molar-refractivity contribution in [3.05, 3.63) is 28.8 Å². The van der Waals surface area contributed by atoms with Gasteiger partial charge in [0.2, 0.25) is 0 Å². The number of aryl methyl sites for hydroxylation is 1. The summed E-state index contributed by atoms with van der Waals surface area (Å²) in [7, 11) is 0. The molecule has 0 bridgehead atoms. The van der Waals surface area contributed by atoms with E-state index in [1.54, 1.807) is 30.4 Å². The topological polar surface area (TPSA) is 70.5 Å². The van der Waals surface area contributed by atoms with Crippen molar-refractivity contribution < 1.29 is 14.7 Å². The van der Waals surface area contributed by atoms with Crippen molar-refractivity contribution in [1.82, 2.24) is 9.88 Å². The zero-order chi connectivity index (χ0) is 15.2. The summed E-state index contributed by atoms with van der Waals surface area (Å²) in [6.07, 6.45) is 1.21. The predicted octanol–water partition coefficient (Wildman–Crippen LogP) is 2.68. The number of carboxylic acids is 1. The number of rotatable bonds is 2. The highest BCUT2D eigenvalue weighted by Gasteiger charge is 2.46. The summed E-state index contributed by atoms with van der Waals surface area (Å²) in [4.78, 5) is 30.0. The van der Waals surface area contributed by atoms with Crippen LogP contribution in [0.3, 0.4) is 0 Å². The summed E-state index contributed by atoms with van der Waals surface area (Å²) in [5, 5.41) is 10.4. The van der Waals surface area contributed by atoms with Crippen molar-refractivity contribution in [3.8, 4) is 0 Å². The molecule has 1 amide bonds. The molecule has 1 aliphatic heterocycles. The van der Waals surface area contributed by atoms with Crippen molar-refractivity contribution in [2.75, 3.05) is 6.54 Å². The lowest BCUT2D eigenvalue weighted by molar-refractivity contribution is -0.147. The molecule has 1 saturated heterocycles. The number of fused-ring (bicyclic) bond motifs is 1. The number of likely N-dealkylation sites (tertiary alicyclic amines) is 1. The first kappa shape index (κ1) is 14.0. The van der Waals surface area contributed by atoms with E-state index in [9.17, 15) is 14.7 Å². The van der Waals surface area contributed by atoms with Crippen LogP contribution in [0.15, 0.2) is 18.2 Å². The highest BCUT2D eigenvalue weighted by Crippen LogP contribution is 2.31. The molecule has 1 aromatic heterocycles. The third-order valence-electron chi connectivity index (χ3n) is 4.09. The Morgan fingerprint density at radius 2 is 2.19 bits per heavy atom. The van der Waals surface area contributed by atoms with Crippen LogP contribution in [0.5, 0.6) is 0 Å². The summed E-state index contributed by atoms with van der Waals surface area (Å²) in [5.41, 5.74) is 0.186. The monoisotopic (exact) mass is 304 g/mol. The number of carboxylic acid groups (broad SMARTS) is 1. The molecular weight excluding hydrogens is 288 g/mol. The van der Waals surface area contributed by atoms with Crippen LogP contribution in [0.25, 0.3) is 10.2 Å². The van der Waals surface area contributed by atoms with E-state index in [1.807, 2.05) is 13.0 Å². The first-order valence-corrected chi connectivity index (χ1v) is 7.66. The standard InChI is InChI=1S/C15H16N2O3S/c1-9-16-11-8-10(4-5-12(11)21-9)13(18)17-7-3-6-15(17,2)14(19)20/h4-5,8H,3,6-7H2,1-2H3,(H,19,20)/t15-/m0/s1. The van der Waals surface area contributed by atoms with Gasteiger partial charge in [-0.3, -0.25) is 4.79 Å². The van der Waals surface area contributed by atoms with Gasteiger partial charge >= 0.3 is 5.97 Å². The Labute approximate surface area is 126 Å². The van der Waals surface area contributed by atoms with Gasteiger partial charge in [0.1, 0.15) is 5.54 Å². The van der Waals surface area contributed by atoms with Gasteiger partial charge in [-0.25, -0.2) is 9.78 Å². The van der Waals surface area contributed by atoms with Crippen molar-refractivity contribution >= 4 is 33.4 Å². The number of aliphatic carboxylic acids is 1. The van der Waals surface area contributed by atoms with Gasteiger partial charge in [0, 0.05) is 12.1 Å². The number of carbonyl (C=O) groups excluding carboxylic acids is 1. The lowest BCUT2D eigenvalue weighted by Gasteiger charge is -2.31. The molecule has 0 spiro atoms. The number of thiazole rings is 1. The van der Waals surface area contributed by atoms with E-state index >= 15 is 0 Å². The SMILES string of the molecule is Cc1nc2cc(C(=O)N3CCC[C@@]3(C)C(=O)O)ccc2s1. The molecule has 1 atom stereocenters. The van der Waals surface area contributed by atoms with Gasteiger partial charge in [0.05, 0.1) is 15.2 Å². The van der Waals surface area contributed by atoms with Crippen LogP contribution in [0.1, 0.15) is 35.1 Å². The summed E-state index contributed by atoms with van der Waals surface area (Å²) < 4.78 is 1.03. The molecule has 6 heteroatoms. The molecule has 1 N–H and O–H groups in total. The van der Waals surface area contributed by atoms with Crippen molar-refractivity contribution in [3.63, 3.8) is 0 Å². The predicted molar refractivity (Wildman–Crippen MR) is 80.7 cm³/mol. The fourth-order valence-corrected chi connectivity index (χ4v) is 3.65. The van der Waals surface area contributed by atoms with Crippen LogP contribution in [0, 0.1) is 6.92 Å². The fourth-order valence-electron chi connectivity index (χ4n) is 2.84. The maximum absolute atomic E-state index is 12.7. The summed E-state index contributed by atoms with van der Waals surface area (Å²) >= 11 is 1.58. The summed E-state index contributed by atoms with van der Waals surface area (Å²) in [6, 6.07) is 5.38. The van der Waals surface area contributed by atoms with Crippen molar-refractivity contribution in [2.24, 2.45) is 0 Å². The van der Waals surface area contributed by atoms with E-state index in [0.717, 1.165) is 15.2 Å². The molecule has 1 fully saturated rings. The molecule has 110 valence electrons. The van der Waals surface area contributed by atoms with E-state index in [0.29, 0.717) is 24.9 Å². The molecule has 2 heterocycles. The molecule has 1 aromatic carbocycles. The van der Waals surface area contributed by atoms with Gasteiger partial charge in [-0.1, -0.05) is 0 Å². The third kappa shape index (κ3) is 2.19. The van der Waals surface area contributed by atoms with E-state index in [1.165, 1.54) is 4.90 Å². The van der Waals surface area contributed by atoms with Gasteiger partial charge in [0.25, 0.3) is 5.91 Å². The maximum Gasteiger partial charge on any atom is 0.329 e. The minimum absolute atomic E-state index is 0.232. The molecule has 0 unspecified atom stereocenters. The van der Waals surface area contributed by atoms with Gasteiger partial charge in [0.15, 0.2) is 0 Å². The number of hydrogen-bond acceptors (Lipinski definition) is 4. The highest BCUT2D eigenvalue weighted by atomic mass is 32.1. The molecular formula is C15H16N2O3S. The number of carbonyl (C=O) groups is 2. The van der Waals surface area contributed by atoms with Crippen LogP contribution in [-0.2, 0) is 4.79 Å². The molecule has 0 saturated carbocycles. The van der Waals surface area contributed by atoms with Gasteiger partial charge < -0.3 is 10.0 Å². The van der Waals surface area contributed by atoms with Gasteiger partial charge in [-0.05, 0) is 44.9 Å². The highest BCUT2D eigenvalue weighted by molar-refractivity contribution is 7.18. The van der Waals surface area contributed by atoms with Gasteiger partial charge in [-0.15, -0.1) is 11.3 Å². The van der Waals surface area contributed by atoms with Crippen molar-refractivity contribution in [2.45, 2.75) is 32.2 Å². The van der Waals surface area contributed by atoms with Crippen LogP contribution >= 0.6 is 11.3 Å². The van der Waals surface area contributed by atoms with Crippen LogP contribution in [0.2, 0.25) is 0 Å². The Kier molecular flexibility index (Phi) is 3.20. The lowest BCUT2D eigenvalue weighted by Crippen LogP contribution is -2.50. The second kappa shape index (κ2) is 4.80. The van der Waals surface area contributed by atoms with Crippen LogP contribution in [-0.4, -0.2) is 39.0 Å². The largest absolute Gasteiger partial charge is 0.480 e. The van der Waals surface area contributed by atoms with E-state index in [2.05, 4.69) is 4.98 Å². The Bertz CT molecular complexity index is 740. The number of nitrogens with zero attached hydrogens (tertiary/aromatic N) is 2. The van der Waals surface area contributed by atoms with Crippen molar-refractivity contribution in [1.29, 1.82) is 0 Å². The van der Waals surface area contributed by atoms with Gasteiger partial charge in [-0.2, -0.15) is 0 Å². The van der Waals surface area contributed by atoms with Crippen LogP contribution in [0.4, 0.5) is 0 Å². The smallest absolute Gasteiger partial charge is 0.329 e. The second-order valence-electron chi connectivity index (χ2n) is 5.55. The summed E-state index contributed by atoms with van der Waals surface area (Å²) in [6.45, 7) is 4.02. The number of hydrogen-bond donors (Lipinski definition) is 1. The molecule has 5 nitrogen and oxygen atoms in total. The average molecular weight is 304 g/mol. The maximum atomic E-state index is 12.7. The zero-order valence-electron chi connectivity index (χ0n) is 11.9. The number of benzene rings is 1. The van der Waals surface area contributed by atoms with E-state index < -0.39 is 11.5 Å². The molecule has 0 aliphatic carbocycles. The normalized spacial score (nSPS) is 21.9. The lowest BCUT2D eigenvalue weighted by atomic mass is 9.98. The molecule has 21 heavy (non-hydrogen) atoms. The Morgan fingerprint density at radius 1 is 1.43 bits per heavy atom. The number of aromatic nitrogens is 1. The zero-order valence-corrected chi connectivity index (χ0v) is 12.7. The molecule has 0 radical (unpaired) electrons. The minimum atomic E-state index is -1.11. The Hall–Kier alpha value is -1.95. The number of amides is 1. The quantitative estimate of drug-likeness (QED) is 0.926. The molecule has 1 aliphatic rings. The summed E-state index contributed by atoms with van der Waals surface area (Å²) in [5.74, 6) is -1.18. The van der Waals surface area contributed by atoms with E-state index in [4.69, 9.17) is 0 Å². The molecule has 2 aromatic rings.